The fourth-order valence-corrected chi connectivity index (χ4v) is 4.58. The lowest BCUT2D eigenvalue weighted by Crippen LogP contribution is -2.49. The molecule has 2 aromatic carbocycles. The number of H-pyrrole nitrogens is 1. The average molecular weight is 487 g/mol. The van der Waals surface area contributed by atoms with E-state index >= 15 is 0 Å². The Morgan fingerprint density at radius 1 is 1.03 bits per heavy atom. The zero-order valence-corrected chi connectivity index (χ0v) is 19.9. The van der Waals surface area contributed by atoms with Gasteiger partial charge in [-0.3, -0.25) is 4.79 Å². The zero-order valence-electron chi connectivity index (χ0n) is 19.9. The van der Waals surface area contributed by atoms with Gasteiger partial charge in [0.1, 0.15) is 22.7 Å². The van der Waals surface area contributed by atoms with E-state index in [2.05, 4.69) is 10.3 Å². The zero-order chi connectivity index (χ0) is 25.7. The van der Waals surface area contributed by atoms with E-state index in [-0.39, 0.29) is 24.2 Å². The number of carboxylic acid groups (broad SMARTS) is 1. The van der Waals surface area contributed by atoms with Gasteiger partial charge in [-0.15, -0.1) is 0 Å². The third kappa shape index (κ3) is 3.98. The van der Waals surface area contributed by atoms with Crippen molar-refractivity contribution in [2.75, 3.05) is 0 Å². The summed E-state index contributed by atoms with van der Waals surface area (Å²) in [6, 6.07) is 6.88. The number of nitrogens with one attached hydrogen (secondary N) is 2. The molecule has 3 N–H and O–H groups in total. The molecule has 0 radical (unpaired) electrons. The summed E-state index contributed by atoms with van der Waals surface area (Å²) in [6.45, 7) is 5.51. The second-order valence-electron chi connectivity index (χ2n) is 8.98. The minimum Gasteiger partial charge on any atom is -0.548 e. The van der Waals surface area contributed by atoms with Gasteiger partial charge in [-0.05, 0) is 61.7 Å². The highest BCUT2D eigenvalue weighted by atomic mass is 16.4. The highest BCUT2D eigenvalue weighted by Crippen LogP contribution is 2.31. The largest absolute Gasteiger partial charge is 0.548 e. The number of amides is 1. The lowest BCUT2D eigenvalue weighted by atomic mass is 10.0. The number of carbonyl (C=O) groups is 2. The van der Waals surface area contributed by atoms with Crippen LogP contribution >= 0.6 is 0 Å². The van der Waals surface area contributed by atoms with Crippen LogP contribution in [0.1, 0.15) is 28.0 Å². The van der Waals surface area contributed by atoms with Gasteiger partial charge in [-0.1, -0.05) is 0 Å². The standard InChI is InChI=1S/C27H24N2O7/c1-12-14(3)35-23-10-24-18(8-17(12)23)13(2)19(27(34)36-24)9-25(31)29-22(26(32)33)6-15-11-28-21-5-4-16(30)7-20(15)21/h4-5,7-8,10-11,22,28,30H,6,9H2,1-3H3,(H,29,31)(H,32,33)/p-1/t22-/m1/s1. The third-order valence-corrected chi connectivity index (χ3v) is 6.71. The van der Waals surface area contributed by atoms with Crippen molar-refractivity contribution in [2.45, 2.75) is 39.7 Å². The van der Waals surface area contributed by atoms with Crippen LogP contribution in [0.3, 0.4) is 0 Å². The number of hydrogen-bond donors (Lipinski definition) is 3. The molecule has 0 saturated carbocycles. The van der Waals surface area contributed by atoms with E-state index in [1.54, 1.807) is 25.3 Å². The summed E-state index contributed by atoms with van der Waals surface area (Å²) in [5.74, 6) is -1.32. The SMILES string of the molecule is Cc1oc2cc3oc(=O)c(CC(=O)N[C@H](Cc4c[nH]c5ccc(O)cc45)C(=O)[O-])c(C)c3cc2c1C. The van der Waals surface area contributed by atoms with Crippen molar-refractivity contribution in [3.63, 3.8) is 0 Å². The van der Waals surface area contributed by atoms with Crippen molar-refractivity contribution in [1.29, 1.82) is 0 Å². The van der Waals surface area contributed by atoms with Crippen molar-refractivity contribution in [3.05, 3.63) is 75.0 Å². The maximum absolute atomic E-state index is 12.8. The van der Waals surface area contributed by atoms with Crippen LogP contribution < -0.4 is 16.0 Å². The molecule has 0 spiro atoms. The van der Waals surface area contributed by atoms with E-state index in [1.165, 1.54) is 12.1 Å². The smallest absolute Gasteiger partial charge is 0.340 e. The van der Waals surface area contributed by atoms with Crippen LogP contribution in [0.25, 0.3) is 32.8 Å². The number of furan rings is 1. The Balaban J connectivity index is 1.42. The topological polar surface area (TPSA) is 149 Å². The number of carboxylic acids is 1. The fraction of sp³-hybridized carbons (Fsp3) is 0.222. The Morgan fingerprint density at radius 2 is 1.75 bits per heavy atom. The highest BCUT2D eigenvalue weighted by Gasteiger charge is 2.21. The number of aliphatic carboxylic acids is 1. The molecule has 3 heterocycles. The van der Waals surface area contributed by atoms with E-state index in [0.717, 1.165) is 16.7 Å². The fourth-order valence-electron chi connectivity index (χ4n) is 4.58. The van der Waals surface area contributed by atoms with E-state index in [4.69, 9.17) is 8.83 Å². The Morgan fingerprint density at radius 3 is 2.50 bits per heavy atom. The number of aromatic hydroxyl groups is 1. The summed E-state index contributed by atoms with van der Waals surface area (Å²) in [4.78, 5) is 40.4. The van der Waals surface area contributed by atoms with Gasteiger partial charge in [-0.25, -0.2) is 4.79 Å². The van der Waals surface area contributed by atoms with Gasteiger partial charge in [0.25, 0.3) is 0 Å². The van der Waals surface area contributed by atoms with Crippen LogP contribution in [-0.4, -0.2) is 28.0 Å². The van der Waals surface area contributed by atoms with Gasteiger partial charge in [-0.2, -0.15) is 0 Å². The molecular weight excluding hydrogens is 464 g/mol. The van der Waals surface area contributed by atoms with Gasteiger partial charge in [0.15, 0.2) is 0 Å². The number of phenolic OH excluding ortho intramolecular Hbond substituents is 1. The molecule has 9 nitrogen and oxygen atoms in total. The first-order valence-corrected chi connectivity index (χ1v) is 11.4. The molecule has 1 atom stereocenters. The van der Waals surface area contributed by atoms with Gasteiger partial charge in [0, 0.05) is 40.4 Å². The molecule has 0 saturated heterocycles. The van der Waals surface area contributed by atoms with Crippen LogP contribution in [0.15, 0.2) is 50.2 Å². The molecule has 184 valence electrons. The van der Waals surface area contributed by atoms with Crippen LogP contribution in [0.2, 0.25) is 0 Å². The predicted molar refractivity (Wildman–Crippen MR) is 131 cm³/mol. The van der Waals surface area contributed by atoms with Gasteiger partial charge in [0.05, 0.1) is 24.0 Å². The van der Waals surface area contributed by atoms with Gasteiger partial charge in [0.2, 0.25) is 5.91 Å². The number of rotatable bonds is 6. The van der Waals surface area contributed by atoms with Crippen LogP contribution in [0.5, 0.6) is 5.75 Å². The Bertz CT molecular complexity index is 1740. The number of hydrogen-bond acceptors (Lipinski definition) is 7. The summed E-state index contributed by atoms with van der Waals surface area (Å²) in [6.07, 6.45) is 1.19. The molecule has 0 unspecified atom stereocenters. The molecular formula is C27H23N2O7-. The van der Waals surface area contributed by atoms with E-state index < -0.39 is 23.5 Å². The van der Waals surface area contributed by atoms with Gasteiger partial charge < -0.3 is 34.1 Å². The van der Waals surface area contributed by atoms with E-state index in [0.29, 0.717) is 38.6 Å². The second kappa shape index (κ2) is 8.60. The van der Waals surface area contributed by atoms with Crippen molar-refractivity contribution < 1.29 is 28.6 Å². The van der Waals surface area contributed by atoms with Crippen molar-refractivity contribution in [2.24, 2.45) is 0 Å². The third-order valence-electron chi connectivity index (χ3n) is 6.71. The van der Waals surface area contributed by atoms with Crippen LogP contribution in [0, 0.1) is 20.8 Å². The molecule has 5 aromatic rings. The number of carbonyl (C=O) groups excluding carboxylic acids is 2. The number of phenols is 1. The maximum atomic E-state index is 12.8. The number of aromatic nitrogens is 1. The Hall–Kier alpha value is -4.53. The number of aryl methyl sites for hydroxylation is 3. The summed E-state index contributed by atoms with van der Waals surface area (Å²) < 4.78 is 11.2. The van der Waals surface area contributed by atoms with E-state index in [9.17, 15) is 24.6 Å². The second-order valence-corrected chi connectivity index (χ2v) is 8.98. The summed E-state index contributed by atoms with van der Waals surface area (Å²) >= 11 is 0. The Labute approximate surface area is 204 Å². The number of fused-ring (bicyclic) bond motifs is 3. The maximum Gasteiger partial charge on any atom is 0.340 e. The average Bonchev–Trinajstić information content (AvgIpc) is 3.34. The lowest BCUT2D eigenvalue weighted by molar-refractivity contribution is -0.308. The minimum absolute atomic E-state index is 0.0361. The normalized spacial score (nSPS) is 12.4. The molecule has 0 fully saturated rings. The first kappa shape index (κ1) is 23.2. The van der Waals surface area contributed by atoms with Crippen LogP contribution in [0.4, 0.5) is 0 Å². The molecule has 5 rings (SSSR count). The molecule has 3 aromatic heterocycles. The molecule has 9 heteroatoms. The summed E-state index contributed by atoms with van der Waals surface area (Å²) in [5, 5.41) is 26.2. The first-order chi connectivity index (χ1) is 17.1. The lowest BCUT2D eigenvalue weighted by Gasteiger charge is -2.20. The molecule has 0 aliphatic heterocycles. The molecule has 0 bridgehead atoms. The first-order valence-electron chi connectivity index (χ1n) is 11.4. The summed E-state index contributed by atoms with van der Waals surface area (Å²) in [5.41, 5.74) is 3.27. The number of benzene rings is 2. The molecule has 1 amide bonds. The molecule has 0 aliphatic carbocycles. The van der Waals surface area contributed by atoms with Crippen molar-refractivity contribution in [1.82, 2.24) is 10.3 Å². The molecule has 0 aliphatic rings. The van der Waals surface area contributed by atoms with Crippen molar-refractivity contribution >= 4 is 44.7 Å². The van der Waals surface area contributed by atoms with Gasteiger partial charge >= 0.3 is 5.63 Å². The molecule has 36 heavy (non-hydrogen) atoms. The highest BCUT2D eigenvalue weighted by molar-refractivity contribution is 5.97. The monoisotopic (exact) mass is 487 g/mol. The minimum atomic E-state index is -1.46. The van der Waals surface area contributed by atoms with E-state index in [1.807, 2.05) is 19.9 Å². The summed E-state index contributed by atoms with van der Waals surface area (Å²) in [7, 11) is 0. The Kier molecular flexibility index (Phi) is 5.55. The van der Waals surface area contributed by atoms with Crippen LogP contribution in [-0.2, 0) is 22.4 Å². The van der Waals surface area contributed by atoms with Crippen molar-refractivity contribution in [3.8, 4) is 5.75 Å². The quantitative estimate of drug-likeness (QED) is 0.312. The number of aromatic amines is 1. The predicted octanol–water partition coefficient (Wildman–Crippen LogP) is 2.67.